The number of aromatic amines is 1. The molecule has 2 N–H and O–H groups in total. The lowest BCUT2D eigenvalue weighted by molar-refractivity contribution is -0.154. The Morgan fingerprint density at radius 1 is 1.23 bits per heavy atom. The van der Waals surface area contributed by atoms with Crippen LogP contribution in [0.1, 0.15) is 41.3 Å². The molecule has 1 heterocycles. The number of hydrogen-bond donors (Lipinski definition) is 2. The third-order valence-corrected chi connectivity index (χ3v) is 4.80. The van der Waals surface area contributed by atoms with Crippen LogP contribution in [-0.4, -0.2) is 30.1 Å². The molecule has 1 aromatic heterocycles. The number of carbonyl (C=O) groups is 2. The van der Waals surface area contributed by atoms with Gasteiger partial charge in [-0.2, -0.15) is 5.26 Å². The first-order chi connectivity index (χ1) is 14.3. The van der Waals surface area contributed by atoms with E-state index in [4.69, 9.17) is 14.7 Å². The number of esters is 1. The zero-order valence-corrected chi connectivity index (χ0v) is 17.5. The van der Waals surface area contributed by atoms with Crippen molar-refractivity contribution in [3.05, 3.63) is 62.6 Å². The van der Waals surface area contributed by atoms with E-state index in [1.165, 1.54) is 6.92 Å². The van der Waals surface area contributed by atoms with Gasteiger partial charge < -0.3 is 19.8 Å². The summed E-state index contributed by atoms with van der Waals surface area (Å²) in [4.78, 5) is 38.8. The minimum atomic E-state index is -0.941. The van der Waals surface area contributed by atoms with Crippen LogP contribution in [0.5, 0.6) is 5.75 Å². The highest BCUT2D eigenvalue weighted by Gasteiger charge is 2.19. The lowest BCUT2D eigenvalue weighted by Crippen LogP contribution is -2.35. The molecular formula is C22H25N3O5. The molecule has 8 nitrogen and oxygen atoms in total. The minimum absolute atomic E-state index is 0.0225. The molecule has 0 radical (unpaired) electrons. The number of nitrogens with one attached hydrogen (secondary N) is 2. The molecule has 1 atom stereocenters. The van der Waals surface area contributed by atoms with Crippen molar-refractivity contribution in [2.45, 2.75) is 46.3 Å². The van der Waals surface area contributed by atoms with Crippen LogP contribution in [0, 0.1) is 25.2 Å². The molecule has 0 unspecified atom stereocenters. The molecule has 0 aliphatic heterocycles. The van der Waals surface area contributed by atoms with Gasteiger partial charge in [-0.1, -0.05) is 12.1 Å². The average Bonchev–Trinajstić information content (AvgIpc) is 2.72. The van der Waals surface area contributed by atoms with E-state index in [1.807, 2.05) is 18.2 Å². The van der Waals surface area contributed by atoms with Gasteiger partial charge in [0.1, 0.15) is 17.4 Å². The fraction of sp³-hybridized carbons (Fsp3) is 0.364. The van der Waals surface area contributed by atoms with Crippen LogP contribution < -0.4 is 15.6 Å². The van der Waals surface area contributed by atoms with E-state index >= 15 is 0 Å². The fourth-order valence-corrected chi connectivity index (χ4v) is 3.03. The van der Waals surface area contributed by atoms with Crippen LogP contribution in [-0.2, 0) is 27.3 Å². The molecule has 30 heavy (non-hydrogen) atoms. The highest BCUT2D eigenvalue weighted by molar-refractivity contribution is 5.83. The molecule has 158 valence electrons. The quantitative estimate of drug-likeness (QED) is 0.641. The highest BCUT2D eigenvalue weighted by Crippen LogP contribution is 2.15. The number of aryl methyl sites for hydroxylation is 1. The van der Waals surface area contributed by atoms with E-state index in [0.717, 1.165) is 16.9 Å². The first-order valence-corrected chi connectivity index (χ1v) is 9.49. The van der Waals surface area contributed by atoms with Gasteiger partial charge in [-0.05, 0) is 56.0 Å². The first-order valence-electron chi connectivity index (χ1n) is 9.49. The van der Waals surface area contributed by atoms with Crippen molar-refractivity contribution in [1.29, 1.82) is 5.26 Å². The summed E-state index contributed by atoms with van der Waals surface area (Å²) in [6, 6.07) is 9.14. The number of pyridine rings is 1. The summed E-state index contributed by atoms with van der Waals surface area (Å²) in [5.41, 5.74) is 2.36. The highest BCUT2D eigenvalue weighted by atomic mass is 16.5. The van der Waals surface area contributed by atoms with Gasteiger partial charge in [0.25, 0.3) is 11.5 Å². The zero-order chi connectivity index (χ0) is 22.3. The number of nitriles is 1. The molecule has 0 aliphatic rings. The Labute approximate surface area is 174 Å². The van der Waals surface area contributed by atoms with Crippen LogP contribution in [0.2, 0.25) is 0 Å². The summed E-state index contributed by atoms with van der Waals surface area (Å²) in [5.74, 6) is -0.213. The minimum Gasteiger partial charge on any atom is -0.497 e. The van der Waals surface area contributed by atoms with E-state index in [-0.39, 0.29) is 12.0 Å². The van der Waals surface area contributed by atoms with Crippen LogP contribution in [0.3, 0.4) is 0 Å². The Morgan fingerprint density at radius 2 is 1.90 bits per heavy atom. The van der Waals surface area contributed by atoms with Crippen LogP contribution >= 0.6 is 0 Å². The van der Waals surface area contributed by atoms with Crippen molar-refractivity contribution in [2.75, 3.05) is 7.11 Å². The Kier molecular flexibility index (Phi) is 7.76. The van der Waals surface area contributed by atoms with Crippen molar-refractivity contribution < 1.29 is 19.1 Å². The Hall–Kier alpha value is -3.60. The molecule has 2 rings (SSSR count). The summed E-state index contributed by atoms with van der Waals surface area (Å²) in [5, 5.41) is 11.8. The lowest BCUT2D eigenvalue weighted by atomic mass is 9.99. The predicted octanol–water partition coefficient (Wildman–Crippen LogP) is 2.05. The summed E-state index contributed by atoms with van der Waals surface area (Å²) >= 11 is 0. The number of rotatable bonds is 8. The molecule has 0 fully saturated rings. The summed E-state index contributed by atoms with van der Waals surface area (Å²) in [6.07, 6.45) is -0.625. The topological polar surface area (TPSA) is 121 Å². The monoisotopic (exact) mass is 411 g/mol. The lowest BCUT2D eigenvalue weighted by Gasteiger charge is -2.15. The van der Waals surface area contributed by atoms with Crippen molar-refractivity contribution in [1.82, 2.24) is 10.3 Å². The second-order valence-electron chi connectivity index (χ2n) is 6.87. The molecule has 0 aliphatic carbocycles. The van der Waals surface area contributed by atoms with Gasteiger partial charge in [0.05, 0.1) is 7.11 Å². The maximum absolute atomic E-state index is 12.2. The SMILES string of the molecule is COc1ccc(CNC(=O)[C@@H](C)OC(=O)CCc2c(C)[nH]c(=O)c(C#N)c2C)cc1. The Balaban J connectivity index is 1.87. The van der Waals surface area contributed by atoms with Gasteiger partial charge in [-0.3, -0.25) is 14.4 Å². The average molecular weight is 411 g/mol. The smallest absolute Gasteiger partial charge is 0.306 e. The van der Waals surface area contributed by atoms with E-state index in [9.17, 15) is 14.4 Å². The largest absolute Gasteiger partial charge is 0.497 e. The van der Waals surface area contributed by atoms with Gasteiger partial charge >= 0.3 is 5.97 Å². The number of H-pyrrole nitrogens is 1. The van der Waals surface area contributed by atoms with Gasteiger partial charge in [0, 0.05) is 18.7 Å². The first kappa shape index (κ1) is 22.7. The summed E-state index contributed by atoms with van der Waals surface area (Å²) in [7, 11) is 1.58. The van der Waals surface area contributed by atoms with E-state index in [2.05, 4.69) is 10.3 Å². The van der Waals surface area contributed by atoms with Crippen molar-refractivity contribution in [3.8, 4) is 11.8 Å². The number of amides is 1. The maximum Gasteiger partial charge on any atom is 0.306 e. The van der Waals surface area contributed by atoms with E-state index in [1.54, 1.807) is 33.1 Å². The number of ether oxygens (including phenoxy) is 2. The number of carbonyl (C=O) groups excluding carboxylic acids is 2. The number of hydrogen-bond acceptors (Lipinski definition) is 6. The molecule has 8 heteroatoms. The van der Waals surface area contributed by atoms with Gasteiger partial charge in [-0.15, -0.1) is 0 Å². The normalized spacial score (nSPS) is 11.3. The predicted molar refractivity (Wildman–Crippen MR) is 110 cm³/mol. The Bertz CT molecular complexity index is 1020. The second-order valence-corrected chi connectivity index (χ2v) is 6.87. The van der Waals surface area contributed by atoms with Crippen molar-refractivity contribution >= 4 is 11.9 Å². The zero-order valence-electron chi connectivity index (χ0n) is 17.5. The number of methoxy groups -OCH3 is 1. The molecule has 0 saturated heterocycles. The standard InChI is InChI=1S/C22H25N3O5/c1-13-18(14(2)25-22(28)19(13)11-23)9-10-20(26)30-15(3)21(27)24-12-16-5-7-17(29-4)8-6-16/h5-8,15H,9-10,12H2,1-4H3,(H,24,27)(H,25,28)/t15-/m1/s1. The second kappa shape index (κ2) is 10.3. The van der Waals surface area contributed by atoms with Gasteiger partial charge in [-0.25, -0.2) is 0 Å². The Morgan fingerprint density at radius 3 is 2.50 bits per heavy atom. The third-order valence-electron chi connectivity index (χ3n) is 4.80. The third kappa shape index (κ3) is 5.70. The fourth-order valence-electron chi connectivity index (χ4n) is 3.03. The van der Waals surface area contributed by atoms with Gasteiger partial charge in [0.15, 0.2) is 6.10 Å². The number of benzene rings is 1. The molecule has 1 aromatic carbocycles. The molecule has 2 aromatic rings. The molecule has 0 saturated carbocycles. The van der Waals surface area contributed by atoms with E-state index < -0.39 is 23.5 Å². The van der Waals surface area contributed by atoms with Crippen molar-refractivity contribution in [3.63, 3.8) is 0 Å². The molecule has 1 amide bonds. The van der Waals surface area contributed by atoms with Crippen LogP contribution in [0.25, 0.3) is 0 Å². The number of aromatic nitrogens is 1. The maximum atomic E-state index is 12.2. The molecule has 0 bridgehead atoms. The van der Waals surface area contributed by atoms with Gasteiger partial charge in [0.2, 0.25) is 0 Å². The van der Waals surface area contributed by atoms with Crippen molar-refractivity contribution in [2.24, 2.45) is 0 Å². The molecule has 0 spiro atoms. The van der Waals surface area contributed by atoms with Crippen LogP contribution in [0.4, 0.5) is 0 Å². The molecular weight excluding hydrogens is 386 g/mol. The van der Waals surface area contributed by atoms with Crippen LogP contribution in [0.15, 0.2) is 29.1 Å². The van der Waals surface area contributed by atoms with E-state index in [0.29, 0.717) is 24.2 Å². The summed E-state index contributed by atoms with van der Waals surface area (Å²) in [6.45, 7) is 5.20. The summed E-state index contributed by atoms with van der Waals surface area (Å²) < 4.78 is 10.3. The number of nitrogens with zero attached hydrogens (tertiary/aromatic N) is 1.